The van der Waals surface area contributed by atoms with Crippen LogP contribution < -0.4 is 4.90 Å². The topological polar surface area (TPSA) is 16.1 Å². The van der Waals surface area contributed by atoms with Gasteiger partial charge in [-0.3, -0.25) is 4.98 Å². The van der Waals surface area contributed by atoms with Crippen LogP contribution in [0.5, 0.6) is 0 Å². The maximum Gasteiger partial charge on any atom is 0.0739 e. The molecule has 3 aromatic rings. The lowest BCUT2D eigenvalue weighted by Crippen LogP contribution is -2.07. The van der Waals surface area contributed by atoms with Gasteiger partial charge in [-0.25, -0.2) is 0 Å². The van der Waals surface area contributed by atoms with Gasteiger partial charge < -0.3 is 4.90 Å². The first-order valence-electron chi connectivity index (χ1n) is 8.28. The number of pyridine rings is 1. The van der Waals surface area contributed by atoms with Crippen LogP contribution in [-0.4, -0.2) is 19.1 Å². The molecule has 0 spiro atoms. The van der Waals surface area contributed by atoms with Crippen molar-refractivity contribution in [2.75, 3.05) is 19.0 Å². The summed E-state index contributed by atoms with van der Waals surface area (Å²) in [6, 6.07) is 12.9. The van der Waals surface area contributed by atoms with E-state index >= 15 is 0 Å². The Kier molecular flexibility index (Phi) is 4.39. The van der Waals surface area contributed by atoms with Gasteiger partial charge in [0, 0.05) is 31.4 Å². The number of rotatable bonds is 3. The first-order valence-corrected chi connectivity index (χ1v) is 8.28. The first-order chi connectivity index (χ1) is 11.5. The fourth-order valence-electron chi connectivity index (χ4n) is 3.01. The maximum atomic E-state index is 4.65. The molecule has 0 saturated heterocycles. The summed E-state index contributed by atoms with van der Waals surface area (Å²) >= 11 is 0. The summed E-state index contributed by atoms with van der Waals surface area (Å²) in [5.74, 6) is 0. The minimum atomic E-state index is 1.10. The van der Waals surface area contributed by atoms with Crippen LogP contribution in [-0.2, 0) is 0 Å². The van der Waals surface area contributed by atoms with Crippen molar-refractivity contribution in [3.63, 3.8) is 0 Å². The molecule has 0 bridgehead atoms. The Morgan fingerprint density at radius 1 is 0.792 bits per heavy atom. The maximum absolute atomic E-state index is 4.65. The Balaban J connectivity index is 2.06. The first kappa shape index (κ1) is 16.3. The molecule has 0 saturated carbocycles. The molecule has 2 nitrogen and oxygen atoms in total. The summed E-state index contributed by atoms with van der Waals surface area (Å²) < 4.78 is 0. The fraction of sp³-hybridized carbons (Fsp3) is 0.227. The second kappa shape index (κ2) is 6.48. The van der Waals surface area contributed by atoms with Gasteiger partial charge in [0.2, 0.25) is 0 Å². The predicted molar refractivity (Wildman–Crippen MR) is 106 cm³/mol. The lowest BCUT2D eigenvalue weighted by molar-refractivity contribution is 1.13. The number of anilines is 1. The van der Waals surface area contributed by atoms with Crippen molar-refractivity contribution in [2.24, 2.45) is 0 Å². The minimum Gasteiger partial charge on any atom is -0.378 e. The van der Waals surface area contributed by atoms with Crippen molar-refractivity contribution < 1.29 is 0 Å². The highest BCUT2D eigenvalue weighted by atomic mass is 15.1. The van der Waals surface area contributed by atoms with Gasteiger partial charge in [0.15, 0.2) is 0 Å². The van der Waals surface area contributed by atoms with Gasteiger partial charge in [0.05, 0.1) is 5.52 Å². The number of hydrogen-bond acceptors (Lipinski definition) is 2. The molecule has 0 atom stereocenters. The lowest BCUT2D eigenvalue weighted by atomic mass is 9.97. The lowest BCUT2D eigenvalue weighted by Gasteiger charge is -2.12. The number of fused-ring (bicyclic) bond motifs is 1. The average Bonchev–Trinajstić information content (AvgIpc) is 2.57. The molecule has 0 amide bonds. The predicted octanol–water partition coefficient (Wildman–Crippen LogP) is 5.40. The summed E-state index contributed by atoms with van der Waals surface area (Å²) in [5.41, 5.74) is 8.48. The molecule has 122 valence electrons. The minimum absolute atomic E-state index is 1.10. The smallest absolute Gasteiger partial charge is 0.0739 e. The van der Waals surface area contributed by atoms with Gasteiger partial charge in [-0.1, -0.05) is 36.4 Å². The third-order valence-electron chi connectivity index (χ3n) is 4.52. The number of aryl methyl sites for hydroxylation is 3. The van der Waals surface area contributed by atoms with Gasteiger partial charge in [-0.05, 0) is 60.7 Å². The van der Waals surface area contributed by atoms with Crippen molar-refractivity contribution >= 4 is 28.7 Å². The summed E-state index contributed by atoms with van der Waals surface area (Å²) in [5, 5.41) is 1.26. The highest BCUT2D eigenvalue weighted by Gasteiger charge is 2.08. The number of hydrogen-bond donors (Lipinski definition) is 0. The third-order valence-corrected chi connectivity index (χ3v) is 4.52. The van der Waals surface area contributed by atoms with Gasteiger partial charge in [0.25, 0.3) is 0 Å². The Morgan fingerprint density at radius 3 is 2.12 bits per heavy atom. The Hall–Kier alpha value is -2.61. The molecule has 0 N–H and O–H groups in total. The molecule has 0 fully saturated rings. The molecule has 0 aliphatic rings. The molecule has 1 heterocycles. The van der Waals surface area contributed by atoms with Crippen LogP contribution in [0.4, 0.5) is 5.69 Å². The highest BCUT2D eigenvalue weighted by molar-refractivity contribution is 5.95. The molecule has 0 radical (unpaired) electrons. The highest BCUT2D eigenvalue weighted by Crippen LogP contribution is 2.28. The zero-order chi connectivity index (χ0) is 17.3. The van der Waals surface area contributed by atoms with E-state index in [1.165, 1.54) is 38.9 Å². The van der Waals surface area contributed by atoms with E-state index < -0.39 is 0 Å². The van der Waals surface area contributed by atoms with E-state index in [1.807, 2.05) is 6.20 Å². The van der Waals surface area contributed by atoms with Gasteiger partial charge in [0.1, 0.15) is 0 Å². The largest absolute Gasteiger partial charge is 0.378 e. The molecule has 0 aliphatic heterocycles. The zero-order valence-corrected chi connectivity index (χ0v) is 15.1. The van der Waals surface area contributed by atoms with E-state index in [-0.39, 0.29) is 0 Å². The number of aromatic nitrogens is 1. The van der Waals surface area contributed by atoms with Crippen molar-refractivity contribution in [3.05, 3.63) is 70.4 Å². The van der Waals surface area contributed by atoms with Crippen molar-refractivity contribution in [1.82, 2.24) is 4.98 Å². The van der Waals surface area contributed by atoms with E-state index in [9.17, 15) is 0 Å². The van der Waals surface area contributed by atoms with E-state index in [1.54, 1.807) is 0 Å². The van der Waals surface area contributed by atoms with Crippen LogP contribution in [0.3, 0.4) is 0 Å². The molecular formula is C22H24N2. The second-order valence-corrected chi connectivity index (χ2v) is 6.60. The molecular weight excluding hydrogens is 292 g/mol. The van der Waals surface area contributed by atoms with Crippen LogP contribution in [0.15, 0.2) is 42.6 Å². The fourth-order valence-corrected chi connectivity index (χ4v) is 3.01. The van der Waals surface area contributed by atoms with E-state index in [0.29, 0.717) is 0 Å². The zero-order valence-electron chi connectivity index (χ0n) is 15.1. The van der Waals surface area contributed by atoms with Crippen LogP contribution in [0, 0.1) is 20.8 Å². The quantitative estimate of drug-likeness (QED) is 0.643. The summed E-state index contributed by atoms with van der Waals surface area (Å²) in [7, 11) is 4.12. The molecule has 0 aliphatic carbocycles. The van der Waals surface area contributed by atoms with Gasteiger partial charge >= 0.3 is 0 Å². The van der Waals surface area contributed by atoms with Crippen LogP contribution in [0.2, 0.25) is 0 Å². The average molecular weight is 316 g/mol. The monoisotopic (exact) mass is 316 g/mol. The van der Waals surface area contributed by atoms with Crippen molar-refractivity contribution in [3.8, 4) is 0 Å². The number of benzene rings is 2. The molecule has 1 aromatic heterocycles. The van der Waals surface area contributed by atoms with Gasteiger partial charge in [-0.15, -0.1) is 0 Å². The molecule has 2 heteroatoms. The standard InChI is InChI=1S/C22H24N2/c1-15-6-7-16(2)22-21(15)20(17(3)14-23-22)13-10-18-8-11-19(12-9-18)24(4)5/h6-14H,1-5H3. The normalized spacial score (nSPS) is 11.4. The van der Waals surface area contributed by atoms with Crippen LogP contribution >= 0.6 is 0 Å². The van der Waals surface area contributed by atoms with Crippen molar-refractivity contribution in [2.45, 2.75) is 20.8 Å². The summed E-state index contributed by atoms with van der Waals surface area (Å²) in [6.45, 7) is 6.41. The third kappa shape index (κ3) is 3.05. The Morgan fingerprint density at radius 2 is 1.46 bits per heavy atom. The van der Waals surface area contributed by atoms with Crippen LogP contribution in [0.1, 0.15) is 27.8 Å². The van der Waals surface area contributed by atoms with E-state index in [4.69, 9.17) is 0 Å². The molecule has 2 aromatic carbocycles. The van der Waals surface area contributed by atoms with E-state index in [0.717, 1.165) is 5.52 Å². The summed E-state index contributed by atoms with van der Waals surface area (Å²) in [4.78, 5) is 6.76. The summed E-state index contributed by atoms with van der Waals surface area (Å²) in [6.07, 6.45) is 6.38. The van der Waals surface area contributed by atoms with E-state index in [2.05, 4.69) is 93.3 Å². The molecule has 3 rings (SSSR count). The van der Waals surface area contributed by atoms with Crippen LogP contribution in [0.25, 0.3) is 23.1 Å². The second-order valence-electron chi connectivity index (χ2n) is 6.60. The number of nitrogens with zero attached hydrogens (tertiary/aromatic N) is 2. The Bertz CT molecular complexity index is 903. The van der Waals surface area contributed by atoms with Gasteiger partial charge in [-0.2, -0.15) is 0 Å². The SMILES string of the molecule is Cc1cnc2c(C)ccc(C)c2c1C=Cc1ccc(N(C)C)cc1. The molecule has 24 heavy (non-hydrogen) atoms. The Labute approximate surface area is 144 Å². The molecule has 0 unspecified atom stereocenters. The van der Waals surface area contributed by atoms with Crippen molar-refractivity contribution in [1.29, 1.82) is 0 Å².